The van der Waals surface area contributed by atoms with E-state index < -0.39 is 5.41 Å². The van der Waals surface area contributed by atoms with Gasteiger partial charge >= 0.3 is 0 Å². The van der Waals surface area contributed by atoms with Gasteiger partial charge in [-0.3, -0.25) is 0 Å². The summed E-state index contributed by atoms with van der Waals surface area (Å²) >= 11 is 0. The minimum absolute atomic E-state index is 0.268. The van der Waals surface area contributed by atoms with Crippen molar-refractivity contribution in [2.24, 2.45) is 0 Å². The van der Waals surface area contributed by atoms with Crippen LogP contribution in [-0.4, -0.2) is 29.5 Å². The minimum Gasteiger partial charge on any atom is -0.507 e. The zero-order valence-electron chi connectivity index (χ0n) is 23.4. The number of ether oxygens (including phenoxy) is 2. The van der Waals surface area contributed by atoms with E-state index in [9.17, 15) is 15.3 Å². The van der Waals surface area contributed by atoms with Crippen molar-refractivity contribution >= 4 is 0 Å². The van der Waals surface area contributed by atoms with Crippen LogP contribution in [0.2, 0.25) is 0 Å². The Balaban J connectivity index is 2.49. The molecule has 0 aromatic heterocycles. The molecule has 0 spiro atoms. The molecule has 5 heteroatoms. The second-order valence-corrected chi connectivity index (χ2v) is 9.83. The Morgan fingerprint density at radius 1 is 0.514 bits per heavy atom. The van der Waals surface area contributed by atoms with Gasteiger partial charge in [-0.15, -0.1) is 0 Å². The fourth-order valence-corrected chi connectivity index (χ4v) is 5.26. The molecule has 37 heavy (non-hydrogen) atoms. The van der Waals surface area contributed by atoms with Crippen LogP contribution in [0.5, 0.6) is 17.2 Å². The lowest BCUT2D eigenvalue weighted by Gasteiger charge is -2.35. The van der Waals surface area contributed by atoms with Crippen molar-refractivity contribution in [2.45, 2.75) is 78.9 Å². The number of benzene rings is 3. The molecule has 0 unspecified atom stereocenters. The zero-order valence-corrected chi connectivity index (χ0v) is 23.4. The van der Waals surface area contributed by atoms with E-state index in [2.05, 4.69) is 45.0 Å². The van der Waals surface area contributed by atoms with Crippen molar-refractivity contribution in [3.8, 4) is 17.2 Å². The molecule has 3 aromatic carbocycles. The number of phenolic OH excluding ortho intramolecular Hbond substituents is 3. The van der Waals surface area contributed by atoms with Crippen molar-refractivity contribution in [3.05, 3.63) is 86.5 Å². The van der Waals surface area contributed by atoms with Crippen LogP contribution in [-0.2, 0) is 53.8 Å². The summed E-state index contributed by atoms with van der Waals surface area (Å²) in [7, 11) is 3.25. The standard InChI is InChI=1S/C32H42O5/c1-8-20-12-26(13-21(9-2)29(20)33)32(5,27-14-22(10-3)30(34)24(16-27)18-36-6)28-15-23(11-4)31(35)25(17-28)19-37-7/h12-17,33-35H,8-11,18-19H2,1-7H3. The van der Waals surface area contributed by atoms with Crippen LogP contribution >= 0.6 is 0 Å². The lowest BCUT2D eigenvalue weighted by molar-refractivity contribution is 0.181. The smallest absolute Gasteiger partial charge is 0.124 e. The number of methoxy groups -OCH3 is 2. The number of rotatable bonds is 11. The molecule has 5 nitrogen and oxygen atoms in total. The molecule has 3 rings (SSSR count). The normalized spacial score (nSPS) is 11.8. The van der Waals surface area contributed by atoms with E-state index in [0.717, 1.165) is 50.1 Å². The summed E-state index contributed by atoms with van der Waals surface area (Å²) in [6, 6.07) is 12.4. The van der Waals surface area contributed by atoms with Gasteiger partial charge in [0.2, 0.25) is 0 Å². The average Bonchev–Trinajstić information content (AvgIpc) is 2.90. The summed E-state index contributed by atoms with van der Waals surface area (Å²) in [5, 5.41) is 32.7. The van der Waals surface area contributed by atoms with Gasteiger partial charge in [0.25, 0.3) is 0 Å². The summed E-state index contributed by atoms with van der Waals surface area (Å²) in [6.07, 6.45) is 2.76. The number of hydrogen-bond acceptors (Lipinski definition) is 5. The Hall–Kier alpha value is -3.02. The lowest BCUT2D eigenvalue weighted by Crippen LogP contribution is -2.27. The van der Waals surface area contributed by atoms with E-state index in [0.29, 0.717) is 44.6 Å². The molecular formula is C32H42O5. The van der Waals surface area contributed by atoms with E-state index in [-0.39, 0.29) is 11.5 Å². The van der Waals surface area contributed by atoms with Crippen LogP contribution < -0.4 is 0 Å². The molecule has 0 saturated heterocycles. The predicted octanol–water partition coefficient (Wildman–Crippen LogP) is 6.70. The first-order valence-electron chi connectivity index (χ1n) is 13.2. The average molecular weight is 507 g/mol. The largest absolute Gasteiger partial charge is 0.507 e. The topological polar surface area (TPSA) is 79.2 Å². The van der Waals surface area contributed by atoms with Crippen molar-refractivity contribution < 1.29 is 24.8 Å². The van der Waals surface area contributed by atoms with E-state index >= 15 is 0 Å². The Morgan fingerprint density at radius 2 is 0.757 bits per heavy atom. The third-order valence-corrected chi connectivity index (χ3v) is 7.66. The highest BCUT2D eigenvalue weighted by molar-refractivity contribution is 5.59. The number of aromatic hydroxyl groups is 3. The zero-order chi connectivity index (χ0) is 27.3. The number of aryl methyl sites for hydroxylation is 4. The summed E-state index contributed by atoms with van der Waals surface area (Å²) < 4.78 is 10.9. The maximum absolute atomic E-state index is 10.9. The fraction of sp³-hybridized carbons (Fsp3) is 0.438. The van der Waals surface area contributed by atoms with Crippen LogP contribution in [0, 0.1) is 0 Å². The first-order valence-corrected chi connectivity index (χ1v) is 13.2. The highest BCUT2D eigenvalue weighted by Gasteiger charge is 2.35. The first-order chi connectivity index (χ1) is 17.7. The Bertz CT molecular complexity index is 1160. The van der Waals surface area contributed by atoms with Gasteiger partial charge in [-0.1, -0.05) is 52.0 Å². The van der Waals surface area contributed by atoms with Crippen LogP contribution in [0.1, 0.15) is 84.7 Å². The van der Waals surface area contributed by atoms with E-state index in [1.165, 1.54) is 0 Å². The third kappa shape index (κ3) is 5.34. The van der Waals surface area contributed by atoms with Crippen molar-refractivity contribution in [2.75, 3.05) is 14.2 Å². The summed E-state index contributed by atoms with van der Waals surface area (Å²) in [5.41, 5.74) is 7.41. The van der Waals surface area contributed by atoms with E-state index in [1.807, 2.05) is 26.0 Å². The number of phenols is 3. The summed E-state index contributed by atoms with van der Waals surface area (Å²) in [6.45, 7) is 10.9. The van der Waals surface area contributed by atoms with Crippen molar-refractivity contribution in [1.82, 2.24) is 0 Å². The van der Waals surface area contributed by atoms with Crippen molar-refractivity contribution in [1.29, 1.82) is 0 Å². The molecule has 200 valence electrons. The van der Waals surface area contributed by atoms with Gasteiger partial charge in [0, 0.05) is 30.8 Å². The number of hydrogen-bond donors (Lipinski definition) is 3. The molecule has 0 atom stereocenters. The van der Waals surface area contributed by atoms with E-state index in [4.69, 9.17) is 9.47 Å². The van der Waals surface area contributed by atoms with Gasteiger partial charge in [-0.2, -0.15) is 0 Å². The van der Waals surface area contributed by atoms with Gasteiger partial charge in [0.15, 0.2) is 0 Å². The highest BCUT2D eigenvalue weighted by Crippen LogP contribution is 2.45. The Labute approximate surface area is 221 Å². The maximum atomic E-state index is 10.9. The van der Waals surface area contributed by atoms with Crippen molar-refractivity contribution in [3.63, 3.8) is 0 Å². The molecule has 3 N–H and O–H groups in total. The second-order valence-electron chi connectivity index (χ2n) is 9.83. The van der Waals surface area contributed by atoms with Crippen LogP contribution in [0.15, 0.2) is 36.4 Å². The van der Waals surface area contributed by atoms with Gasteiger partial charge in [-0.05, 0) is 83.7 Å². The third-order valence-electron chi connectivity index (χ3n) is 7.66. The quantitative estimate of drug-likeness (QED) is 0.252. The van der Waals surface area contributed by atoms with Gasteiger partial charge in [-0.25, -0.2) is 0 Å². The predicted molar refractivity (Wildman–Crippen MR) is 149 cm³/mol. The first kappa shape index (κ1) is 28.5. The monoisotopic (exact) mass is 506 g/mol. The lowest BCUT2D eigenvalue weighted by atomic mass is 9.68. The summed E-state index contributed by atoms with van der Waals surface area (Å²) in [4.78, 5) is 0. The molecule has 0 saturated carbocycles. The fourth-order valence-electron chi connectivity index (χ4n) is 5.26. The van der Waals surface area contributed by atoms with Crippen LogP contribution in [0.3, 0.4) is 0 Å². The molecule has 0 fully saturated rings. The molecule has 0 aliphatic rings. The minimum atomic E-state index is -0.651. The van der Waals surface area contributed by atoms with Gasteiger partial charge < -0.3 is 24.8 Å². The Morgan fingerprint density at radius 3 is 1.00 bits per heavy atom. The molecule has 0 heterocycles. The second kappa shape index (κ2) is 12.0. The Kier molecular flexibility index (Phi) is 9.27. The molecule has 0 bridgehead atoms. The SMILES string of the molecule is CCc1cc(C(C)(c2cc(CC)c(O)c(COC)c2)c2cc(CC)c(O)c(COC)c2)cc(CC)c1O. The van der Waals surface area contributed by atoms with E-state index in [1.54, 1.807) is 14.2 Å². The summed E-state index contributed by atoms with van der Waals surface area (Å²) in [5.74, 6) is 0.894. The molecule has 0 amide bonds. The molecular weight excluding hydrogens is 464 g/mol. The maximum Gasteiger partial charge on any atom is 0.124 e. The van der Waals surface area contributed by atoms with Gasteiger partial charge in [0.05, 0.1) is 13.2 Å². The highest BCUT2D eigenvalue weighted by atomic mass is 16.5. The molecule has 0 radical (unpaired) electrons. The molecule has 0 aliphatic carbocycles. The van der Waals surface area contributed by atoms with Crippen LogP contribution in [0.4, 0.5) is 0 Å². The van der Waals surface area contributed by atoms with Gasteiger partial charge in [0.1, 0.15) is 17.2 Å². The molecule has 3 aromatic rings. The van der Waals surface area contributed by atoms with Crippen LogP contribution in [0.25, 0.3) is 0 Å². The molecule has 0 aliphatic heterocycles.